The Kier molecular flexibility index (Phi) is 4.37. The molecular formula is C13H16N4O3S. The van der Waals surface area contributed by atoms with Crippen LogP contribution in [0.1, 0.15) is 23.4 Å². The Bertz CT molecular complexity index is 739. The summed E-state index contributed by atoms with van der Waals surface area (Å²) in [6, 6.07) is 5.07. The zero-order chi connectivity index (χ0) is 15.5. The minimum atomic E-state index is -3.85. The van der Waals surface area contributed by atoms with Crippen LogP contribution in [0.15, 0.2) is 29.4 Å². The summed E-state index contributed by atoms with van der Waals surface area (Å²) in [6.45, 7) is 3.48. The molecule has 2 rings (SSSR count). The molecule has 1 aromatic heterocycles. The summed E-state index contributed by atoms with van der Waals surface area (Å²) < 4.78 is 26.5. The van der Waals surface area contributed by atoms with E-state index in [9.17, 15) is 13.2 Å². The Morgan fingerprint density at radius 3 is 2.76 bits per heavy atom. The van der Waals surface area contributed by atoms with Crippen LogP contribution in [0.5, 0.6) is 0 Å². The van der Waals surface area contributed by atoms with Crippen LogP contribution in [0.25, 0.3) is 0 Å². The third-order valence-corrected chi connectivity index (χ3v) is 4.45. The highest BCUT2D eigenvalue weighted by molar-refractivity contribution is 7.90. The second kappa shape index (κ2) is 6.04. The molecule has 2 aromatic rings. The lowest BCUT2D eigenvalue weighted by atomic mass is 10.2. The van der Waals surface area contributed by atoms with Crippen LogP contribution in [0.2, 0.25) is 0 Å². The number of nitrogens with zero attached hydrogens (tertiary/aromatic N) is 2. The van der Waals surface area contributed by atoms with Crippen molar-refractivity contribution in [2.24, 2.45) is 0 Å². The zero-order valence-corrected chi connectivity index (χ0v) is 12.6. The van der Waals surface area contributed by atoms with Crippen LogP contribution in [0, 0.1) is 13.8 Å². The van der Waals surface area contributed by atoms with E-state index in [1.165, 1.54) is 6.33 Å². The van der Waals surface area contributed by atoms with Crippen molar-refractivity contribution < 1.29 is 13.2 Å². The van der Waals surface area contributed by atoms with Gasteiger partial charge in [-0.1, -0.05) is 12.1 Å². The van der Waals surface area contributed by atoms with E-state index in [0.717, 1.165) is 5.56 Å². The van der Waals surface area contributed by atoms with Crippen LogP contribution >= 0.6 is 0 Å². The number of hydrogen-bond acceptors (Lipinski definition) is 5. The molecule has 2 N–H and O–H groups in total. The lowest BCUT2D eigenvalue weighted by Crippen LogP contribution is -2.31. The van der Waals surface area contributed by atoms with Gasteiger partial charge in [0.25, 0.3) is 10.0 Å². The number of amides is 1. The van der Waals surface area contributed by atoms with Crippen LogP contribution in [-0.4, -0.2) is 29.5 Å². The van der Waals surface area contributed by atoms with Crippen LogP contribution in [0.3, 0.4) is 0 Å². The molecule has 0 aliphatic rings. The van der Waals surface area contributed by atoms with E-state index in [1.54, 1.807) is 26.0 Å². The summed E-state index contributed by atoms with van der Waals surface area (Å²) in [4.78, 5) is 15.8. The first-order chi connectivity index (χ1) is 9.88. The minimum absolute atomic E-state index is 0.0132. The number of sulfonamides is 1. The fourth-order valence-corrected chi connectivity index (χ4v) is 3.18. The maximum absolute atomic E-state index is 12.2. The number of H-pyrrole nitrogens is 1. The van der Waals surface area contributed by atoms with Crippen LogP contribution in [-0.2, 0) is 21.2 Å². The van der Waals surface area contributed by atoms with Gasteiger partial charge in [-0.15, -0.1) is 0 Å². The van der Waals surface area contributed by atoms with Crippen LogP contribution in [0.4, 0.5) is 0 Å². The molecule has 21 heavy (non-hydrogen) atoms. The number of aromatic amines is 1. The van der Waals surface area contributed by atoms with Crippen molar-refractivity contribution in [1.82, 2.24) is 19.9 Å². The number of carbonyl (C=O) groups excluding carboxylic acids is 1. The van der Waals surface area contributed by atoms with E-state index in [-0.39, 0.29) is 11.3 Å². The van der Waals surface area contributed by atoms with Crippen molar-refractivity contribution in [1.29, 1.82) is 0 Å². The summed E-state index contributed by atoms with van der Waals surface area (Å²) in [5.41, 5.74) is 1.41. The molecule has 1 aromatic carbocycles. The highest BCUT2D eigenvalue weighted by atomic mass is 32.2. The van der Waals surface area contributed by atoms with Gasteiger partial charge in [-0.05, 0) is 31.0 Å². The summed E-state index contributed by atoms with van der Waals surface area (Å²) in [7, 11) is -3.85. The number of hydrogen-bond donors (Lipinski definition) is 2. The number of carbonyl (C=O) groups is 1. The van der Waals surface area contributed by atoms with E-state index in [0.29, 0.717) is 17.8 Å². The average Bonchev–Trinajstić information content (AvgIpc) is 2.92. The maximum Gasteiger partial charge on any atom is 0.264 e. The molecule has 7 nitrogen and oxygen atoms in total. The van der Waals surface area contributed by atoms with Crippen molar-refractivity contribution >= 4 is 15.9 Å². The predicted octanol–water partition coefficient (Wildman–Crippen LogP) is 0.859. The third kappa shape index (κ3) is 3.88. The number of aromatic nitrogens is 3. The van der Waals surface area contributed by atoms with Crippen molar-refractivity contribution in [3.63, 3.8) is 0 Å². The number of benzene rings is 1. The summed E-state index contributed by atoms with van der Waals surface area (Å²) in [5.74, 6) is -0.0402. The van der Waals surface area contributed by atoms with Gasteiger partial charge in [-0.25, -0.2) is 18.1 Å². The minimum Gasteiger partial charge on any atom is -0.274 e. The van der Waals surface area contributed by atoms with Gasteiger partial charge in [-0.3, -0.25) is 9.89 Å². The number of nitrogens with one attached hydrogen (secondary N) is 2. The molecule has 0 fully saturated rings. The van der Waals surface area contributed by atoms with E-state index >= 15 is 0 Å². The van der Waals surface area contributed by atoms with Gasteiger partial charge >= 0.3 is 0 Å². The second-order valence-electron chi connectivity index (χ2n) is 4.73. The van der Waals surface area contributed by atoms with Gasteiger partial charge in [0.15, 0.2) is 0 Å². The number of rotatable bonds is 5. The highest BCUT2D eigenvalue weighted by Gasteiger charge is 2.19. The van der Waals surface area contributed by atoms with Gasteiger partial charge in [0, 0.05) is 12.8 Å². The molecule has 1 amide bonds. The van der Waals surface area contributed by atoms with E-state index < -0.39 is 15.9 Å². The highest BCUT2D eigenvalue weighted by Crippen LogP contribution is 2.16. The molecule has 112 valence electrons. The normalized spacial score (nSPS) is 11.3. The topological polar surface area (TPSA) is 105 Å². The van der Waals surface area contributed by atoms with Gasteiger partial charge < -0.3 is 0 Å². The van der Waals surface area contributed by atoms with E-state index in [1.807, 2.05) is 6.07 Å². The fourth-order valence-electron chi connectivity index (χ4n) is 1.84. The molecule has 8 heteroatoms. The maximum atomic E-state index is 12.2. The van der Waals surface area contributed by atoms with Crippen molar-refractivity contribution in [2.45, 2.75) is 31.6 Å². The van der Waals surface area contributed by atoms with E-state index in [4.69, 9.17) is 0 Å². The lowest BCUT2D eigenvalue weighted by Gasteiger charge is -2.09. The molecule has 0 unspecified atom stereocenters. The molecule has 0 atom stereocenters. The van der Waals surface area contributed by atoms with Gasteiger partial charge in [0.1, 0.15) is 12.2 Å². The first kappa shape index (κ1) is 15.2. The van der Waals surface area contributed by atoms with Gasteiger partial charge in [0.2, 0.25) is 5.91 Å². The largest absolute Gasteiger partial charge is 0.274 e. The molecule has 0 aliphatic carbocycles. The second-order valence-corrected chi connectivity index (χ2v) is 6.38. The predicted molar refractivity (Wildman–Crippen MR) is 75.9 cm³/mol. The quantitative estimate of drug-likeness (QED) is 0.852. The molecule has 0 aliphatic heterocycles. The Hall–Kier alpha value is -2.22. The van der Waals surface area contributed by atoms with E-state index in [2.05, 4.69) is 19.9 Å². The first-order valence-electron chi connectivity index (χ1n) is 6.35. The molecule has 0 spiro atoms. The molecule has 0 saturated heterocycles. The summed E-state index contributed by atoms with van der Waals surface area (Å²) in [6.07, 6.45) is 1.65. The average molecular weight is 308 g/mol. The summed E-state index contributed by atoms with van der Waals surface area (Å²) >= 11 is 0. The number of aryl methyl sites for hydroxylation is 3. The van der Waals surface area contributed by atoms with Gasteiger partial charge in [0.05, 0.1) is 4.90 Å². The molecule has 0 saturated carbocycles. The van der Waals surface area contributed by atoms with Crippen molar-refractivity contribution in [3.8, 4) is 0 Å². The lowest BCUT2D eigenvalue weighted by molar-refractivity contribution is -0.119. The fraction of sp³-hybridized carbons (Fsp3) is 0.308. The SMILES string of the molecule is Cc1ccc(C)c(S(=O)(=O)NC(=O)CCc2ncn[nH]2)c1. The Morgan fingerprint density at radius 2 is 2.10 bits per heavy atom. The smallest absolute Gasteiger partial charge is 0.264 e. The molecule has 0 radical (unpaired) electrons. The Labute approximate surface area is 122 Å². The summed E-state index contributed by atoms with van der Waals surface area (Å²) in [5, 5.41) is 6.27. The standard InChI is InChI=1S/C13H16N4O3S/c1-9-3-4-10(2)11(7-9)21(19,20)17-13(18)6-5-12-14-8-15-16-12/h3-4,7-8H,5-6H2,1-2H3,(H,17,18)(H,14,15,16). The Morgan fingerprint density at radius 1 is 1.33 bits per heavy atom. The van der Waals surface area contributed by atoms with Crippen molar-refractivity contribution in [2.75, 3.05) is 0 Å². The molecular weight excluding hydrogens is 292 g/mol. The monoisotopic (exact) mass is 308 g/mol. The first-order valence-corrected chi connectivity index (χ1v) is 7.84. The third-order valence-electron chi connectivity index (χ3n) is 2.94. The zero-order valence-electron chi connectivity index (χ0n) is 11.8. The molecule has 1 heterocycles. The van der Waals surface area contributed by atoms with Gasteiger partial charge in [-0.2, -0.15) is 5.10 Å². The Balaban J connectivity index is 2.06. The van der Waals surface area contributed by atoms with Crippen LogP contribution < -0.4 is 4.72 Å². The van der Waals surface area contributed by atoms with Crippen molar-refractivity contribution in [3.05, 3.63) is 41.5 Å². The molecule has 0 bridgehead atoms.